The monoisotopic (exact) mass is 300 g/mol. The molecule has 1 saturated heterocycles. The van der Waals surface area contributed by atoms with Gasteiger partial charge in [-0.25, -0.2) is 9.59 Å². The number of urea groups is 1. The van der Waals surface area contributed by atoms with Crippen LogP contribution in [0.4, 0.5) is 10.5 Å². The zero-order valence-electron chi connectivity index (χ0n) is 10.2. The second-order valence-electron chi connectivity index (χ2n) is 4.22. The molecule has 0 aliphatic carbocycles. The van der Waals surface area contributed by atoms with Crippen molar-refractivity contribution in [3.8, 4) is 0 Å². The van der Waals surface area contributed by atoms with Gasteiger partial charge in [-0.3, -0.25) is 0 Å². The number of carboxylic acid groups (broad SMARTS) is 1. The molecule has 102 valence electrons. The summed E-state index contributed by atoms with van der Waals surface area (Å²) in [7, 11) is 0. The van der Waals surface area contributed by atoms with E-state index in [0.29, 0.717) is 22.3 Å². The first-order valence-corrected chi connectivity index (χ1v) is 7.16. The van der Waals surface area contributed by atoms with Crippen LogP contribution in [0.25, 0.3) is 0 Å². The van der Waals surface area contributed by atoms with Crippen LogP contribution in [0, 0.1) is 6.92 Å². The number of anilines is 1. The van der Waals surface area contributed by atoms with E-state index in [4.69, 9.17) is 16.7 Å². The first kappa shape index (κ1) is 14.0. The van der Waals surface area contributed by atoms with E-state index in [1.54, 1.807) is 18.2 Å². The highest BCUT2D eigenvalue weighted by Crippen LogP contribution is 2.24. The van der Waals surface area contributed by atoms with Crippen molar-refractivity contribution in [2.45, 2.75) is 13.0 Å². The summed E-state index contributed by atoms with van der Waals surface area (Å²) < 4.78 is 0. The standard InChI is InChI=1S/C12H13ClN2O3S/c1-7-2-3-8(4-9(7)13)14-12(18)15-6-19-5-10(15)11(16)17/h2-4,10H,5-6H2,1H3,(H,14,18)(H,16,17)/t10-/m1/s1. The Morgan fingerprint density at radius 1 is 1.53 bits per heavy atom. The van der Waals surface area contributed by atoms with Crippen LogP contribution in [0.3, 0.4) is 0 Å². The third kappa shape index (κ3) is 3.13. The zero-order valence-corrected chi connectivity index (χ0v) is 11.8. The molecule has 19 heavy (non-hydrogen) atoms. The first-order valence-electron chi connectivity index (χ1n) is 5.63. The molecule has 0 spiro atoms. The second kappa shape index (κ2) is 5.71. The zero-order chi connectivity index (χ0) is 14.0. The van der Waals surface area contributed by atoms with Gasteiger partial charge < -0.3 is 15.3 Å². The van der Waals surface area contributed by atoms with Gasteiger partial charge >= 0.3 is 12.0 Å². The van der Waals surface area contributed by atoms with E-state index in [1.807, 2.05) is 6.92 Å². The fourth-order valence-electron chi connectivity index (χ4n) is 1.71. The van der Waals surface area contributed by atoms with Crippen molar-refractivity contribution < 1.29 is 14.7 Å². The minimum atomic E-state index is -0.984. The Morgan fingerprint density at radius 2 is 2.26 bits per heavy atom. The lowest BCUT2D eigenvalue weighted by Crippen LogP contribution is -2.43. The van der Waals surface area contributed by atoms with Gasteiger partial charge in [0.2, 0.25) is 0 Å². The van der Waals surface area contributed by atoms with Crippen LogP contribution in [-0.4, -0.2) is 39.7 Å². The van der Waals surface area contributed by atoms with Crippen molar-refractivity contribution in [3.63, 3.8) is 0 Å². The number of nitrogens with zero attached hydrogens (tertiary/aromatic N) is 1. The van der Waals surface area contributed by atoms with E-state index in [0.717, 1.165) is 5.56 Å². The normalized spacial score (nSPS) is 18.4. The number of aryl methyl sites for hydroxylation is 1. The highest BCUT2D eigenvalue weighted by atomic mass is 35.5. The maximum absolute atomic E-state index is 12.0. The Balaban J connectivity index is 2.08. The SMILES string of the molecule is Cc1ccc(NC(=O)N2CSC[C@@H]2C(=O)O)cc1Cl. The number of nitrogens with one attached hydrogen (secondary N) is 1. The number of aliphatic carboxylic acids is 1. The number of carboxylic acids is 1. The van der Waals surface area contributed by atoms with Gasteiger partial charge in [-0.15, -0.1) is 11.8 Å². The molecule has 2 N–H and O–H groups in total. The van der Waals surface area contributed by atoms with Crippen LogP contribution in [0.1, 0.15) is 5.56 Å². The highest BCUT2D eigenvalue weighted by Gasteiger charge is 2.34. The maximum atomic E-state index is 12.0. The van der Waals surface area contributed by atoms with Crippen LogP contribution in [0.2, 0.25) is 5.02 Å². The van der Waals surface area contributed by atoms with Crippen LogP contribution in [0.15, 0.2) is 18.2 Å². The number of hydrogen-bond donors (Lipinski definition) is 2. The molecule has 0 radical (unpaired) electrons. The van der Waals surface area contributed by atoms with E-state index in [1.165, 1.54) is 16.7 Å². The average molecular weight is 301 g/mol. The lowest BCUT2D eigenvalue weighted by atomic mass is 10.2. The number of carbonyl (C=O) groups excluding carboxylic acids is 1. The number of carbonyl (C=O) groups is 2. The van der Waals surface area contributed by atoms with E-state index in [9.17, 15) is 9.59 Å². The lowest BCUT2D eigenvalue weighted by Gasteiger charge is -2.21. The molecule has 0 saturated carbocycles. The van der Waals surface area contributed by atoms with E-state index in [2.05, 4.69) is 5.32 Å². The van der Waals surface area contributed by atoms with Crippen molar-refractivity contribution >= 4 is 41.1 Å². The van der Waals surface area contributed by atoms with Gasteiger partial charge in [0.05, 0.1) is 5.88 Å². The fourth-order valence-corrected chi connectivity index (χ4v) is 3.04. The molecule has 1 heterocycles. The molecule has 1 aromatic carbocycles. The number of rotatable bonds is 2. The van der Waals surface area contributed by atoms with Crippen LogP contribution in [0.5, 0.6) is 0 Å². The van der Waals surface area contributed by atoms with E-state index < -0.39 is 18.0 Å². The van der Waals surface area contributed by atoms with Crippen LogP contribution in [-0.2, 0) is 4.79 Å². The second-order valence-corrected chi connectivity index (χ2v) is 5.62. The van der Waals surface area contributed by atoms with Crippen molar-refractivity contribution in [1.82, 2.24) is 4.90 Å². The summed E-state index contributed by atoms with van der Waals surface area (Å²) in [6, 6.07) is 3.99. The van der Waals surface area contributed by atoms with Gasteiger partial charge in [-0.1, -0.05) is 17.7 Å². The van der Waals surface area contributed by atoms with Crippen molar-refractivity contribution in [2.75, 3.05) is 16.9 Å². The Bertz CT molecular complexity index is 524. The summed E-state index contributed by atoms with van der Waals surface area (Å²) in [5, 5.41) is 12.2. The maximum Gasteiger partial charge on any atom is 0.327 e. The molecular weight excluding hydrogens is 288 g/mol. The molecule has 2 amide bonds. The quantitative estimate of drug-likeness (QED) is 0.881. The summed E-state index contributed by atoms with van der Waals surface area (Å²) in [5.41, 5.74) is 1.47. The molecule has 0 bridgehead atoms. The van der Waals surface area contributed by atoms with Crippen molar-refractivity contribution in [2.24, 2.45) is 0 Å². The van der Waals surface area contributed by atoms with Crippen molar-refractivity contribution in [3.05, 3.63) is 28.8 Å². The molecule has 1 atom stereocenters. The molecule has 1 fully saturated rings. The topological polar surface area (TPSA) is 69.6 Å². The highest BCUT2D eigenvalue weighted by molar-refractivity contribution is 7.99. The molecule has 0 aromatic heterocycles. The molecular formula is C12H13ClN2O3S. The van der Waals surface area contributed by atoms with E-state index >= 15 is 0 Å². The number of halogens is 1. The van der Waals surface area contributed by atoms with Gasteiger partial charge in [0.15, 0.2) is 0 Å². The first-order chi connectivity index (χ1) is 8.99. The molecule has 0 unspecified atom stereocenters. The van der Waals surface area contributed by atoms with Crippen LogP contribution < -0.4 is 5.32 Å². The Labute approximate surface area is 119 Å². The predicted octanol–water partition coefficient (Wildman–Crippen LogP) is 2.64. The Hall–Kier alpha value is -1.40. The predicted molar refractivity (Wildman–Crippen MR) is 75.8 cm³/mol. The molecule has 1 aromatic rings. The number of hydrogen-bond acceptors (Lipinski definition) is 3. The summed E-state index contributed by atoms with van der Waals surface area (Å²) >= 11 is 7.39. The molecule has 2 rings (SSSR count). The third-order valence-corrected chi connectivity index (χ3v) is 4.27. The van der Waals surface area contributed by atoms with Gasteiger partial charge in [0, 0.05) is 16.5 Å². The Kier molecular flexibility index (Phi) is 4.21. The fraction of sp³-hybridized carbons (Fsp3) is 0.333. The number of thioether (sulfide) groups is 1. The number of benzene rings is 1. The molecule has 1 aliphatic rings. The van der Waals surface area contributed by atoms with Gasteiger partial charge in [0.1, 0.15) is 6.04 Å². The molecule has 7 heteroatoms. The van der Waals surface area contributed by atoms with Crippen molar-refractivity contribution in [1.29, 1.82) is 0 Å². The summed E-state index contributed by atoms with van der Waals surface area (Å²) in [5.74, 6) is -0.193. The van der Waals surface area contributed by atoms with Gasteiger partial charge in [-0.05, 0) is 24.6 Å². The molecule has 5 nitrogen and oxygen atoms in total. The summed E-state index contributed by atoms with van der Waals surface area (Å²) in [6.45, 7) is 1.87. The largest absolute Gasteiger partial charge is 0.480 e. The Morgan fingerprint density at radius 3 is 2.89 bits per heavy atom. The van der Waals surface area contributed by atoms with Gasteiger partial charge in [0.25, 0.3) is 0 Å². The average Bonchev–Trinajstić information content (AvgIpc) is 2.83. The van der Waals surface area contributed by atoms with Gasteiger partial charge in [-0.2, -0.15) is 0 Å². The summed E-state index contributed by atoms with van der Waals surface area (Å²) in [6.07, 6.45) is 0. The minimum absolute atomic E-state index is 0.377. The minimum Gasteiger partial charge on any atom is -0.480 e. The lowest BCUT2D eigenvalue weighted by molar-refractivity contribution is -0.140. The third-order valence-electron chi connectivity index (χ3n) is 2.85. The molecule has 1 aliphatic heterocycles. The number of amides is 2. The smallest absolute Gasteiger partial charge is 0.327 e. The van der Waals surface area contributed by atoms with E-state index in [-0.39, 0.29) is 0 Å². The summed E-state index contributed by atoms with van der Waals surface area (Å²) in [4.78, 5) is 24.3. The van der Waals surface area contributed by atoms with Crippen LogP contribution >= 0.6 is 23.4 Å².